The van der Waals surface area contributed by atoms with E-state index >= 15 is 0 Å². The fourth-order valence-corrected chi connectivity index (χ4v) is 1.90. The predicted molar refractivity (Wildman–Crippen MR) is 70.7 cm³/mol. The zero-order chi connectivity index (χ0) is 15.3. The van der Waals surface area contributed by atoms with Gasteiger partial charge in [-0.2, -0.15) is 0 Å². The summed E-state index contributed by atoms with van der Waals surface area (Å²) in [5.74, 6) is -0.623. The Morgan fingerprint density at radius 3 is 2.65 bits per heavy atom. The number of ether oxygens (including phenoxy) is 1. The van der Waals surface area contributed by atoms with Crippen molar-refractivity contribution < 1.29 is 24.7 Å². The molecule has 110 valence electrons. The van der Waals surface area contributed by atoms with Crippen molar-refractivity contribution in [3.05, 3.63) is 39.4 Å². The van der Waals surface area contributed by atoms with Gasteiger partial charge in [-0.15, -0.1) is 11.6 Å². The fourth-order valence-electron chi connectivity index (χ4n) is 1.67. The molecule has 0 spiro atoms. The molecule has 0 aromatic heterocycles. The van der Waals surface area contributed by atoms with Gasteiger partial charge in [-0.3, -0.25) is 10.1 Å². The van der Waals surface area contributed by atoms with Gasteiger partial charge in [-0.05, 0) is 18.6 Å². The largest absolute Gasteiger partial charge is 0.465 e. The quantitative estimate of drug-likeness (QED) is 0.356. The van der Waals surface area contributed by atoms with Crippen molar-refractivity contribution in [2.75, 3.05) is 13.0 Å². The number of rotatable bonds is 6. The van der Waals surface area contributed by atoms with Gasteiger partial charge in [0.05, 0.1) is 29.3 Å². The molecule has 0 bridgehead atoms. The fraction of sp³-hybridized carbons (Fsp3) is 0.417. The number of nitrogens with zero attached hydrogens (tertiary/aromatic N) is 1. The normalized spacial score (nSPS) is 13.6. The minimum atomic E-state index is -1.46. The highest BCUT2D eigenvalue weighted by Gasteiger charge is 2.27. The second kappa shape index (κ2) is 7.18. The number of halogens is 1. The number of carbonyl (C=O) groups excluding carboxylic acids is 1. The van der Waals surface area contributed by atoms with Crippen molar-refractivity contribution in [2.24, 2.45) is 0 Å². The summed E-state index contributed by atoms with van der Waals surface area (Å²) in [6, 6.07) is 3.50. The lowest BCUT2D eigenvalue weighted by molar-refractivity contribution is -0.386. The standard InChI is InChI=1S/C12H14ClNO6/c1-20-12(17)7-2-3-8(9(6-7)14(18)19)11(16)10(15)4-5-13/h2-3,6,10-11,15-16H,4-5H2,1H3. The molecule has 0 fully saturated rings. The van der Waals surface area contributed by atoms with Gasteiger partial charge in [0.1, 0.15) is 6.10 Å². The Morgan fingerprint density at radius 1 is 1.50 bits per heavy atom. The summed E-state index contributed by atoms with van der Waals surface area (Å²) in [6.07, 6.45) is -2.60. The number of nitro benzene ring substituents is 1. The van der Waals surface area contributed by atoms with Gasteiger partial charge >= 0.3 is 5.97 Å². The Morgan fingerprint density at radius 2 is 2.15 bits per heavy atom. The van der Waals surface area contributed by atoms with Crippen LogP contribution in [0.25, 0.3) is 0 Å². The van der Waals surface area contributed by atoms with Gasteiger partial charge in [-0.1, -0.05) is 0 Å². The average Bonchev–Trinajstić information content (AvgIpc) is 2.45. The highest BCUT2D eigenvalue weighted by Crippen LogP contribution is 2.29. The smallest absolute Gasteiger partial charge is 0.338 e. The van der Waals surface area contributed by atoms with Gasteiger partial charge in [0.25, 0.3) is 5.69 Å². The molecule has 0 saturated heterocycles. The van der Waals surface area contributed by atoms with Crippen LogP contribution in [-0.2, 0) is 4.74 Å². The second-order valence-electron chi connectivity index (χ2n) is 4.01. The minimum Gasteiger partial charge on any atom is -0.465 e. The molecule has 0 radical (unpaired) electrons. The number of aliphatic hydroxyl groups excluding tert-OH is 2. The number of methoxy groups -OCH3 is 1. The first-order valence-corrected chi connectivity index (χ1v) is 6.24. The molecule has 1 rings (SSSR count). The summed E-state index contributed by atoms with van der Waals surface area (Å²) in [5, 5.41) is 30.6. The number of alkyl halides is 1. The van der Waals surface area contributed by atoms with Crippen molar-refractivity contribution >= 4 is 23.3 Å². The van der Waals surface area contributed by atoms with Crippen LogP contribution in [0.4, 0.5) is 5.69 Å². The molecule has 2 atom stereocenters. The molecule has 2 N–H and O–H groups in total. The summed E-state index contributed by atoms with van der Waals surface area (Å²) in [6.45, 7) is 0. The van der Waals surface area contributed by atoms with Gasteiger partial charge in [0.15, 0.2) is 0 Å². The van der Waals surface area contributed by atoms with Crippen LogP contribution in [0.15, 0.2) is 18.2 Å². The molecule has 1 aromatic carbocycles. The third-order valence-electron chi connectivity index (χ3n) is 2.74. The van der Waals surface area contributed by atoms with Crippen LogP contribution in [0.3, 0.4) is 0 Å². The lowest BCUT2D eigenvalue weighted by Crippen LogP contribution is -2.20. The number of hydrogen-bond donors (Lipinski definition) is 2. The maximum absolute atomic E-state index is 11.3. The van der Waals surface area contributed by atoms with Gasteiger partial charge < -0.3 is 14.9 Å². The van der Waals surface area contributed by atoms with Crippen LogP contribution in [0, 0.1) is 10.1 Å². The molecule has 0 heterocycles. The van der Waals surface area contributed by atoms with E-state index < -0.39 is 28.8 Å². The molecule has 0 aliphatic rings. The lowest BCUT2D eigenvalue weighted by atomic mass is 9.99. The summed E-state index contributed by atoms with van der Waals surface area (Å²) in [7, 11) is 1.15. The Bertz CT molecular complexity index is 507. The topological polar surface area (TPSA) is 110 Å². The zero-order valence-electron chi connectivity index (χ0n) is 10.7. The summed E-state index contributed by atoms with van der Waals surface area (Å²) >= 11 is 5.45. The van der Waals surface area contributed by atoms with Gasteiger partial charge in [0, 0.05) is 11.9 Å². The van der Waals surface area contributed by atoms with Crippen LogP contribution >= 0.6 is 11.6 Å². The molecule has 0 amide bonds. The monoisotopic (exact) mass is 303 g/mol. The molecule has 0 aliphatic carbocycles. The highest BCUT2D eigenvalue weighted by atomic mass is 35.5. The Labute approximate surface area is 119 Å². The van der Waals surface area contributed by atoms with E-state index in [2.05, 4.69) is 4.74 Å². The van der Waals surface area contributed by atoms with Crippen molar-refractivity contribution in [1.82, 2.24) is 0 Å². The summed E-state index contributed by atoms with van der Waals surface area (Å²) in [4.78, 5) is 21.6. The van der Waals surface area contributed by atoms with E-state index in [1.54, 1.807) is 0 Å². The van der Waals surface area contributed by atoms with Crippen LogP contribution in [0.2, 0.25) is 0 Å². The number of nitro groups is 1. The maximum Gasteiger partial charge on any atom is 0.338 e. The SMILES string of the molecule is COC(=O)c1ccc(C(O)C(O)CCCl)c([N+](=O)[O-])c1. The van der Waals surface area contributed by atoms with Crippen molar-refractivity contribution in [1.29, 1.82) is 0 Å². The first-order chi connectivity index (χ1) is 9.42. The Balaban J connectivity index is 3.20. The van der Waals surface area contributed by atoms with Crippen LogP contribution in [0.1, 0.15) is 28.4 Å². The van der Waals surface area contributed by atoms with E-state index in [1.807, 2.05) is 0 Å². The number of esters is 1. The van der Waals surface area contributed by atoms with E-state index in [1.165, 1.54) is 12.1 Å². The molecular weight excluding hydrogens is 290 g/mol. The van der Waals surface area contributed by atoms with E-state index in [0.717, 1.165) is 13.2 Å². The van der Waals surface area contributed by atoms with Crippen LogP contribution < -0.4 is 0 Å². The molecule has 0 saturated carbocycles. The molecule has 0 aliphatic heterocycles. The summed E-state index contributed by atoms with van der Waals surface area (Å²) < 4.78 is 4.47. The number of carbonyl (C=O) groups is 1. The molecule has 8 heteroatoms. The maximum atomic E-state index is 11.3. The molecule has 7 nitrogen and oxygen atoms in total. The second-order valence-corrected chi connectivity index (χ2v) is 4.39. The average molecular weight is 304 g/mol. The minimum absolute atomic E-state index is 0.0121. The van der Waals surface area contributed by atoms with Crippen molar-refractivity contribution in [3.63, 3.8) is 0 Å². The van der Waals surface area contributed by atoms with E-state index in [9.17, 15) is 25.1 Å². The van der Waals surface area contributed by atoms with Crippen molar-refractivity contribution in [3.8, 4) is 0 Å². The van der Waals surface area contributed by atoms with E-state index in [-0.39, 0.29) is 23.4 Å². The zero-order valence-corrected chi connectivity index (χ0v) is 11.4. The molecule has 20 heavy (non-hydrogen) atoms. The lowest BCUT2D eigenvalue weighted by Gasteiger charge is -2.17. The Hall–Kier alpha value is -1.70. The molecule has 1 aromatic rings. The first-order valence-electron chi connectivity index (χ1n) is 5.71. The highest BCUT2D eigenvalue weighted by molar-refractivity contribution is 6.17. The summed E-state index contributed by atoms with van der Waals surface area (Å²) in [5.41, 5.74) is -0.559. The number of hydrogen-bond acceptors (Lipinski definition) is 6. The number of aliphatic hydroxyl groups is 2. The van der Waals surface area contributed by atoms with Gasteiger partial charge in [0.2, 0.25) is 0 Å². The van der Waals surface area contributed by atoms with E-state index in [0.29, 0.717) is 0 Å². The Kier molecular flexibility index (Phi) is 5.87. The van der Waals surface area contributed by atoms with E-state index in [4.69, 9.17) is 11.6 Å². The number of benzene rings is 1. The molecular formula is C12H14ClNO6. The van der Waals surface area contributed by atoms with Crippen molar-refractivity contribution in [2.45, 2.75) is 18.6 Å². The van der Waals surface area contributed by atoms with Crippen LogP contribution in [0.5, 0.6) is 0 Å². The van der Waals surface area contributed by atoms with Gasteiger partial charge in [-0.25, -0.2) is 4.79 Å². The van der Waals surface area contributed by atoms with Crippen LogP contribution in [-0.4, -0.2) is 40.2 Å². The third-order valence-corrected chi connectivity index (χ3v) is 2.95. The third kappa shape index (κ3) is 3.66. The predicted octanol–water partition coefficient (Wildman–Crippen LogP) is 1.40. The molecule has 2 unspecified atom stereocenters. The first kappa shape index (κ1) is 16.4.